The lowest BCUT2D eigenvalue weighted by Crippen LogP contribution is -2.15. The Morgan fingerprint density at radius 3 is 2.35 bits per heavy atom. The van der Waals surface area contributed by atoms with Crippen molar-refractivity contribution >= 4 is 17.4 Å². The van der Waals surface area contributed by atoms with Crippen molar-refractivity contribution in [3.8, 4) is 11.5 Å². The molecule has 2 N–H and O–H groups in total. The third kappa shape index (κ3) is 3.53. The number of carbonyl (C=O) groups is 1. The van der Waals surface area contributed by atoms with Crippen molar-refractivity contribution in [3.63, 3.8) is 0 Å². The summed E-state index contributed by atoms with van der Waals surface area (Å²) in [5, 5.41) is 6.12. The van der Waals surface area contributed by atoms with E-state index in [-0.39, 0.29) is 5.91 Å². The van der Waals surface area contributed by atoms with Crippen molar-refractivity contribution in [2.24, 2.45) is 0 Å². The summed E-state index contributed by atoms with van der Waals surface area (Å²) in [7, 11) is 3.03. The number of rotatable bonds is 6. The zero-order chi connectivity index (χ0) is 16.2. The first kappa shape index (κ1) is 15.1. The molecule has 2 aromatic rings. The van der Waals surface area contributed by atoms with Gasteiger partial charge in [0.25, 0.3) is 5.91 Å². The van der Waals surface area contributed by atoms with Crippen LogP contribution in [0.15, 0.2) is 36.5 Å². The summed E-state index contributed by atoms with van der Waals surface area (Å²) < 4.78 is 10.5. The number of hydrogen-bond donors (Lipinski definition) is 2. The van der Waals surface area contributed by atoms with E-state index in [1.807, 2.05) is 6.07 Å². The van der Waals surface area contributed by atoms with E-state index in [4.69, 9.17) is 9.47 Å². The number of ether oxygens (including phenoxy) is 2. The molecule has 23 heavy (non-hydrogen) atoms. The topological polar surface area (TPSA) is 72.5 Å². The molecule has 1 aromatic carbocycles. The highest BCUT2D eigenvalue weighted by atomic mass is 16.5. The Morgan fingerprint density at radius 1 is 1.13 bits per heavy atom. The molecule has 0 aliphatic heterocycles. The Labute approximate surface area is 134 Å². The van der Waals surface area contributed by atoms with Crippen LogP contribution < -0.4 is 20.1 Å². The standard InChI is InChI=1S/C17H19N3O3/c1-22-13-4-3-5-14(23-2)16(13)17(21)20-15-9-8-12(10-18-15)19-11-6-7-11/h3-5,8-11,19H,6-7H2,1-2H3,(H,18,20,21). The second-order valence-corrected chi connectivity index (χ2v) is 5.34. The number of nitrogens with zero attached hydrogens (tertiary/aromatic N) is 1. The predicted octanol–water partition coefficient (Wildman–Crippen LogP) is 2.93. The van der Waals surface area contributed by atoms with E-state index in [0.717, 1.165) is 5.69 Å². The Balaban J connectivity index is 1.76. The molecule has 1 fully saturated rings. The number of nitrogens with one attached hydrogen (secondary N) is 2. The number of methoxy groups -OCH3 is 2. The number of hydrogen-bond acceptors (Lipinski definition) is 5. The molecule has 0 saturated heterocycles. The second kappa shape index (κ2) is 6.56. The molecule has 1 saturated carbocycles. The first-order valence-corrected chi connectivity index (χ1v) is 7.46. The van der Waals surface area contributed by atoms with Crippen LogP contribution in [0.2, 0.25) is 0 Å². The molecule has 0 bridgehead atoms. The molecule has 0 spiro atoms. The van der Waals surface area contributed by atoms with Gasteiger partial charge >= 0.3 is 0 Å². The quantitative estimate of drug-likeness (QED) is 0.858. The first-order chi connectivity index (χ1) is 11.2. The van der Waals surface area contributed by atoms with Crippen molar-refractivity contribution in [1.29, 1.82) is 0 Å². The van der Waals surface area contributed by atoms with E-state index in [9.17, 15) is 4.79 Å². The second-order valence-electron chi connectivity index (χ2n) is 5.34. The normalized spacial score (nSPS) is 13.3. The van der Waals surface area contributed by atoms with Gasteiger partial charge in [-0.15, -0.1) is 0 Å². The van der Waals surface area contributed by atoms with Crippen molar-refractivity contribution in [1.82, 2.24) is 4.98 Å². The van der Waals surface area contributed by atoms with Crippen LogP contribution in [-0.2, 0) is 0 Å². The van der Waals surface area contributed by atoms with Gasteiger partial charge in [-0.1, -0.05) is 6.07 Å². The fourth-order valence-corrected chi connectivity index (χ4v) is 2.27. The molecule has 1 aliphatic rings. The van der Waals surface area contributed by atoms with Crippen molar-refractivity contribution < 1.29 is 14.3 Å². The lowest BCUT2D eigenvalue weighted by molar-refractivity contribution is 0.102. The van der Waals surface area contributed by atoms with Gasteiger partial charge in [-0.25, -0.2) is 4.98 Å². The maximum atomic E-state index is 12.5. The number of aromatic nitrogens is 1. The molecule has 1 aromatic heterocycles. The van der Waals surface area contributed by atoms with Gasteiger partial charge in [-0.3, -0.25) is 4.79 Å². The summed E-state index contributed by atoms with van der Waals surface area (Å²) in [6, 6.07) is 9.44. The molecule has 120 valence electrons. The number of amides is 1. The number of carbonyl (C=O) groups excluding carboxylic acids is 1. The zero-order valence-electron chi connectivity index (χ0n) is 13.1. The number of pyridine rings is 1. The largest absolute Gasteiger partial charge is 0.496 e. The van der Waals surface area contributed by atoms with Gasteiger partial charge in [0.2, 0.25) is 0 Å². The van der Waals surface area contributed by atoms with Crippen LogP contribution in [0.1, 0.15) is 23.2 Å². The van der Waals surface area contributed by atoms with Gasteiger partial charge in [0.05, 0.1) is 26.1 Å². The zero-order valence-corrected chi connectivity index (χ0v) is 13.1. The molecule has 6 nitrogen and oxygen atoms in total. The van der Waals surface area contributed by atoms with Gasteiger partial charge in [0, 0.05) is 6.04 Å². The summed E-state index contributed by atoms with van der Waals surface area (Å²) >= 11 is 0. The Bertz CT molecular complexity index is 674. The van der Waals surface area contributed by atoms with Crippen LogP contribution in [0, 0.1) is 0 Å². The SMILES string of the molecule is COc1cccc(OC)c1C(=O)Nc1ccc(NC2CC2)cn1. The van der Waals surface area contributed by atoms with Gasteiger partial charge in [0.1, 0.15) is 22.9 Å². The summed E-state index contributed by atoms with van der Waals surface area (Å²) in [6.07, 6.45) is 4.12. The average Bonchev–Trinajstić information content (AvgIpc) is 3.39. The van der Waals surface area contributed by atoms with E-state index in [2.05, 4.69) is 15.6 Å². The minimum absolute atomic E-state index is 0.324. The van der Waals surface area contributed by atoms with E-state index >= 15 is 0 Å². The Hall–Kier alpha value is -2.76. The Kier molecular flexibility index (Phi) is 4.32. The van der Waals surface area contributed by atoms with Crippen LogP contribution in [-0.4, -0.2) is 31.2 Å². The van der Waals surface area contributed by atoms with Crippen molar-refractivity contribution in [2.45, 2.75) is 18.9 Å². The van der Waals surface area contributed by atoms with Crippen LogP contribution >= 0.6 is 0 Å². The molecular formula is C17H19N3O3. The third-order valence-corrected chi connectivity index (χ3v) is 3.61. The van der Waals surface area contributed by atoms with Crippen LogP contribution in [0.4, 0.5) is 11.5 Å². The van der Waals surface area contributed by atoms with Gasteiger partial charge < -0.3 is 20.1 Å². The van der Waals surface area contributed by atoms with E-state index in [1.165, 1.54) is 27.1 Å². The van der Waals surface area contributed by atoms with E-state index in [1.54, 1.807) is 30.5 Å². The van der Waals surface area contributed by atoms with Gasteiger partial charge in [0.15, 0.2) is 0 Å². The lowest BCUT2D eigenvalue weighted by Gasteiger charge is -2.13. The van der Waals surface area contributed by atoms with Crippen LogP contribution in [0.5, 0.6) is 11.5 Å². The molecule has 0 radical (unpaired) electrons. The number of benzene rings is 1. The molecule has 0 unspecified atom stereocenters. The maximum absolute atomic E-state index is 12.5. The lowest BCUT2D eigenvalue weighted by atomic mass is 10.1. The molecule has 1 aliphatic carbocycles. The maximum Gasteiger partial charge on any atom is 0.264 e. The minimum Gasteiger partial charge on any atom is -0.496 e. The first-order valence-electron chi connectivity index (χ1n) is 7.46. The van der Waals surface area contributed by atoms with Gasteiger partial charge in [-0.05, 0) is 37.1 Å². The fourth-order valence-electron chi connectivity index (χ4n) is 2.27. The van der Waals surface area contributed by atoms with Gasteiger partial charge in [-0.2, -0.15) is 0 Å². The highest BCUT2D eigenvalue weighted by Crippen LogP contribution is 2.29. The third-order valence-electron chi connectivity index (χ3n) is 3.61. The van der Waals surface area contributed by atoms with Crippen LogP contribution in [0.3, 0.4) is 0 Å². The summed E-state index contributed by atoms with van der Waals surface area (Å²) in [5.41, 5.74) is 1.31. The monoisotopic (exact) mass is 313 g/mol. The molecule has 0 atom stereocenters. The van der Waals surface area contributed by atoms with Crippen molar-refractivity contribution in [2.75, 3.05) is 24.9 Å². The number of anilines is 2. The summed E-state index contributed by atoms with van der Waals surface area (Å²) in [4.78, 5) is 16.8. The summed E-state index contributed by atoms with van der Waals surface area (Å²) in [6.45, 7) is 0. The molecule has 3 rings (SSSR count). The smallest absolute Gasteiger partial charge is 0.264 e. The molecule has 1 amide bonds. The van der Waals surface area contributed by atoms with E-state index in [0.29, 0.717) is 28.9 Å². The van der Waals surface area contributed by atoms with Crippen LogP contribution in [0.25, 0.3) is 0 Å². The average molecular weight is 313 g/mol. The molecule has 6 heteroatoms. The molecular weight excluding hydrogens is 294 g/mol. The fraction of sp³-hybridized carbons (Fsp3) is 0.294. The minimum atomic E-state index is -0.324. The van der Waals surface area contributed by atoms with Crippen molar-refractivity contribution in [3.05, 3.63) is 42.1 Å². The summed E-state index contributed by atoms with van der Waals surface area (Å²) in [5.74, 6) is 1.06. The highest BCUT2D eigenvalue weighted by Gasteiger charge is 2.21. The predicted molar refractivity (Wildman–Crippen MR) is 88.4 cm³/mol. The highest BCUT2D eigenvalue weighted by molar-refractivity contribution is 6.07. The van der Waals surface area contributed by atoms with E-state index < -0.39 is 0 Å². The molecule has 1 heterocycles. The Morgan fingerprint density at radius 2 is 1.83 bits per heavy atom.